The first-order valence-corrected chi connectivity index (χ1v) is 14.7. The van der Waals surface area contributed by atoms with E-state index in [4.69, 9.17) is 16.3 Å². The number of tetrazole rings is 1. The Labute approximate surface area is 256 Å². The summed E-state index contributed by atoms with van der Waals surface area (Å²) in [5.74, 6) is -0.286. The van der Waals surface area contributed by atoms with Gasteiger partial charge in [0.15, 0.2) is 0 Å². The van der Waals surface area contributed by atoms with E-state index in [1.807, 2.05) is 75.3 Å². The summed E-state index contributed by atoms with van der Waals surface area (Å²) >= 11 is 6.03. The molecule has 3 aromatic carbocycles. The first-order chi connectivity index (χ1) is 20.7. The summed E-state index contributed by atoms with van der Waals surface area (Å²) in [5.41, 5.74) is 4.91. The van der Waals surface area contributed by atoms with E-state index < -0.39 is 6.04 Å². The highest BCUT2D eigenvalue weighted by atomic mass is 35.5. The van der Waals surface area contributed by atoms with Gasteiger partial charge in [-0.05, 0) is 91.1 Å². The van der Waals surface area contributed by atoms with Gasteiger partial charge in [-0.3, -0.25) is 14.5 Å². The molecule has 0 spiro atoms. The molecule has 1 N–H and O–H groups in total. The van der Waals surface area contributed by atoms with Crippen LogP contribution in [0.2, 0.25) is 5.02 Å². The molecule has 1 aromatic heterocycles. The Morgan fingerprint density at radius 2 is 1.81 bits per heavy atom. The summed E-state index contributed by atoms with van der Waals surface area (Å²) in [7, 11) is 3.91. The van der Waals surface area contributed by atoms with Crippen molar-refractivity contribution in [1.82, 2.24) is 25.5 Å². The first-order valence-electron chi connectivity index (χ1n) is 14.3. The summed E-state index contributed by atoms with van der Waals surface area (Å²) in [6.45, 7) is 4.77. The molecule has 4 aromatic rings. The number of hydrogen-bond acceptors (Lipinski definition) is 7. The third kappa shape index (κ3) is 7.03. The van der Waals surface area contributed by atoms with Gasteiger partial charge in [0, 0.05) is 49.2 Å². The predicted octanol–water partition coefficient (Wildman–Crippen LogP) is 4.75. The lowest BCUT2D eigenvalue weighted by Gasteiger charge is -2.33. The normalized spacial score (nSPS) is 15.2. The van der Waals surface area contributed by atoms with E-state index in [0.717, 1.165) is 35.2 Å². The molecule has 2 atom stereocenters. The molecule has 0 unspecified atom stereocenters. The Bertz CT molecular complexity index is 1560. The fourth-order valence-corrected chi connectivity index (χ4v) is 5.25. The molecule has 1 aliphatic heterocycles. The Kier molecular flexibility index (Phi) is 9.37. The van der Waals surface area contributed by atoms with Crippen LogP contribution in [0, 0.1) is 13.8 Å². The molecule has 0 saturated carbocycles. The highest BCUT2D eigenvalue weighted by Crippen LogP contribution is 2.33. The number of aromatic nitrogens is 4. The largest absolute Gasteiger partial charge is 0.378 e. The van der Waals surface area contributed by atoms with Crippen molar-refractivity contribution >= 4 is 34.8 Å². The van der Waals surface area contributed by atoms with Crippen LogP contribution < -0.4 is 15.1 Å². The molecule has 2 amide bonds. The van der Waals surface area contributed by atoms with Crippen LogP contribution in [0.25, 0.3) is 11.4 Å². The third-order valence-corrected chi connectivity index (χ3v) is 7.95. The van der Waals surface area contributed by atoms with Crippen LogP contribution in [-0.4, -0.2) is 65.4 Å². The van der Waals surface area contributed by atoms with E-state index in [1.54, 1.807) is 29.2 Å². The van der Waals surface area contributed by atoms with Gasteiger partial charge in [0.1, 0.15) is 12.6 Å². The second kappa shape index (κ2) is 13.4. The van der Waals surface area contributed by atoms with E-state index in [-0.39, 0.29) is 24.5 Å². The van der Waals surface area contributed by atoms with Gasteiger partial charge in [-0.25, -0.2) is 0 Å². The summed E-state index contributed by atoms with van der Waals surface area (Å²) in [6.07, 6.45) is 1.80. The zero-order chi connectivity index (χ0) is 30.5. The van der Waals surface area contributed by atoms with E-state index in [1.165, 1.54) is 4.80 Å². The van der Waals surface area contributed by atoms with Gasteiger partial charge >= 0.3 is 0 Å². The summed E-state index contributed by atoms with van der Waals surface area (Å²) < 4.78 is 5.75. The highest BCUT2D eigenvalue weighted by Gasteiger charge is 2.35. The van der Waals surface area contributed by atoms with E-state index in [9.17, 15) is 9.59 Å². The Morgan fingerprint density at radius 3 is 2.49 bits per heavy atom. The lowest BCUT2D eigenvalue weighted by Crippen LogP contribution is -2.47. The topological polar surface area (TPSA) is 105 Å². The monoisotopic (exact) mass is 601 g/mol. The Balaban J connectivity index is 1.52. The molecule has 11 heteroatoms. The number of ether oxygens (including phenoxy) is 1. The molecule has 5 rings (SSSR count). The predicted molar refractivity (Wildman–Crippen MR) is 167 cm³/mol. The number of hydrogen-bond donors (Lipinski definition) is 1. The van der Waals surface area contributed by atoms with Gasteiger partial charge in [-0.15, -0.1) is 10.2 Å². The smallest absolute Gasteiger partial charge is 0.251 e. The van der Waals surface area contributed by atoms with E-state index in [2.05, 4.69) is 20.7 Å². The van der Waals surface area contributed by atoms with Crippen molar-refractivity contribution in [2.45, 2.75) is 45.4 Å². The van der Waals surface area contributed by atoms with Gasteiger partial charge in [0.05, 0.1) is 6.10 Å². The van der Waals surface area contributed by atoms with Gasteiger partial charge in [-0.2, -0.15) is 4.80 Å². The van der Waals surface area contributed by atoms with Gasteiger partial charge < -0.3 is 15.0 Å². The number of aryl methyl sites for hydroxylation is 1. The SMILES string of the molecule is Cc1cccc(N(C(=O)Cn2nnc(-c3ccc(Cl)cc3)n2)[C@H](C(=O)NC[C@H]2CCCO2)c2ccc(N(C)C)cc2)c1C. The zero-order valence-corrected chi connectivity index (χ0v) is 25.6. The van der Waals surface area contributed by atoms with Crippen LogP contribution in [0.5, 0.6) is 0 Å². The molecule has 0 bridgehead atoms. The third-order valence-electron chi connectivity index (χ3n) is 7.70. The number of nitrogens with zero attached hydrogens (tertiary/aromatic N) is 6. The van der Waals surface area contributed by atoms with Crippen molar-refractivity contribution in [3.05, 3.63) is 88.4 Å². The van der Waals surface area contributed by atoms with Crippen LogP contribution >= 0.6 is 11.6 Å². The molecule has 43 heavy (non-hydrogen) atoms. The van der Waals surface area contributed by atoms with Crippen molar-refractivity contribution in [2.75, 3.05) is 37.0 Å². The maximum absolute atomic E-state index is 14.3. The Hall–Kier alpha value is -4.28. The highest BCUT2D eigenvalue weighted by molar-refractivity contribution is 6.30. The fraction of sp³-hybridized carbons (Fsp3) is 0.344. The second-order valence-electron chi connectivity index (χ2n) is 10.9. The van der Waals surface area contributed by atoms with Crippen molar-refractivity contribution in [2.24, 2.45) is 0 Å². The van der Waals surface area contributed by atoms with Gasteiger partial charge in [0.25, 0.3) is 5.91 Å². The number of carbonyl (C=O) groups excluding carboxylic acids is 2. The van der Waals surface area contributed by atoms with Gasteiger partial charge in [0.2, 0.25) is 11.7 Å². The quantitative estimate of drug-likeness (QED) is 0.280. The van der Waals surface area contributed by atoms with E-state index >= 15 is 0 Å². The number of benzene rings is 3. The number of rotatable bonds is 10. The number of halogens is 1. The number of anilines is 2. The van der Waals surface area contributed by atoms with Crippen molar-refractivity contribution in [3.8, 4) is 11.4 Å². The standard InChI is InChI=1S/C32H36ClN7O3/c1-21-7-5-9-28(22(21)2)40(29(41)20-39-36-31(35-37-39)24-10-14-25(33)15-11-24)30(23-12-16-26(17-13-23)38(3)4)32(42)34-19-27-8-6-18-43-27/h5,7,9-17,27,30H,6,8,18-20H2,1-4H3,(H,34,42)/t27-,30+/m1/s1. The summed E-state index contributed by atoms with van der Waals surface area (Å²) in [5, 5.41) is 16.4. The minimum atomic E-state index is -0.954. The molecule has 10 nitrogen and oxygen atoms in total. The lowest BCUT2D eigenvalue weighted by molar-refractivity contribution is -0.127. The minimum absolute atomic E-state index is 0.0452. The van der Waals surface area contributed by atoms with Crippen LogP contribution in [0.3, 0.4) is 0 Å². The zero-order valence-electron chi connectivity index (χ0n) is 24.8. The molecule has 0 aliphatic carbocycles. The average Bonchev–Trinajstić information content (AvgIpc) is 3.69. The van der Waals surface area contributed by atoms with E-state index in [0.29, 0.717) is 35.2 Å². The number of nitrogens with one attached hydrogen (secondary N) is 1. The summed E-state index contributed by atoms with van der Waals surface area (Å²) in [4.78, 5) is 33.2. The maximum Gasteiger partial charge on any atom is 0.251 e. The van der Waals surface area contributed by atoms with Crippen molar-refractivity contribution in [3.63, 3.8) is 0 Å². The maximum atomic E-state index is 14.3. The summed E-state index contributed by atoms with van der Waals surface area (Å²) in [6, 6.07) is 19.5. The molecule has 2 heterocycles. The van der Waals surface area contributed by atoms with Crippen LogP contribution in [-0.2, 0) is 20.9 Å². The Morgan fingerprint density at radius 1 is 1.07 bits per heavy atom. The van der Waals surface area contributed by atoms with Crippen LogP contribution in [0.1, 0.15) is 35.6 Å². The molecule has 1 aliphatic rings. The minimum Gasteiger partial charge on any atom is -0.378 e. The van der Waals surface area contributed by atoms with Crippen molar-refractivity contribution < 1.29 is 14.3 Å². The van der Waals surface area contributed by atoms with Crippen LogP contribution in [0.15, 0.2) is 66.7 Å². The lowest BCUT2D eigenvalue weighted by atomic mass is 9.99. The molecule has 1 saturated heterocycles. The number of amides is 2. The number of carbonyl (C=O) groups is 2. The molecule has 1 fully saturated rings. The fourth-order valence-electron chi connectivity index (χ4n) is 5.12. The molecular weight excluding hydrogens is 566 g/mol. The molecule has 224 valence electrons. The van der Waals surface area contributed by atoms with Crippen LogP contribution in [0.4, 0.5) is 11.4 Å². The second-order valence-corrected chi connectivity index (χ2v) is 11.3. The first kappa shape index (κ1) is 30.2. The molecule has 0 radical (unpaired) electrons. The average molecular weight is 602 g/mol. The van der Waals surface area contributed by atoms with Gasteiger partial charge in [-0.1, -0.05) is 35.9 Å². The molecular formula is C32H36ClN7O3. The van der Waals surface area contributed by atoms with Crippen molar-refractivity contribution in [1.29, 1.82) is 0 Å².